The van der Waals surface area contributed by atoms with Crippen molar-refractivity contribution in [3.63, 3.8) is 0 Å². The zero-order chi connectivity index (χ0) is 24.1. The maximum absolute atomic E-state index is 6.13. The zero-order valence-electron chi connectivity index (χ0n) is 20.3. The Balaban J connectivity index is 1.49. The summed E-state index contributed by atoms with van der Waals surface area (Å²) in [5, 5.41) is 0. The lowest BCUT2D eigenvalue weighted by molar-refractivity contribution is -0.0645. The van der Waals surface area contributed by atoms with Crippen LogP contribution in [0, 0.1) is 0 Å². The van der Waals surface area contributed by atoms with E-state index in [1.807, 2.05) is 54.6 Å². The molecule has 0 N–H and O–H groups in total. The van der Waals surface area contributed by atoms with Crippen LogP contribution in [-0.4, -0.2) is 46.8 Å². The van der Waals surface area contributed by atoms with Gasteiger partial charge in [0.05, 0.1) is 60.0 Å². The topological polar surface area (TPSA) is 55.4 Å². The number of hydrogen-bond acceptors (Lipinski definition) is 6. The summed E-state index contributed by atoms with van der Waals surface area (Å²) in [5.41, 5.74) is 4.09. The van der Waals surface area contributed by atoms with Gasteiger partial charge in [0.15, 0.2) is 0 Å². The molecule has 6 heteroatoms. The summed E-state index contributed by atoms with van der Waals surface area (Å²) in [6.45, 7) is 3.57. The molecule has 0 aromatic heterocycles. The molecule has 0 spiro atoms. The predicted molar refractivity (Wildman–Crippen MR) is 133 cm³/mol. The molecule has 186 valence electrons. The van der Waals surface area contributed by atoms with Gasteiger partial charge in [-0.15, -0.1) is 0 Å². The van der Waals surface area contributed by atoms with Crippen molar-refractivity contribution >= 4 is 0 Å². The maximum atomic E-state index is 6.13. The van der Waals surface area contributed by atoms with Crippen LogP contribution in [0.5, 0.6) is 5.75 Å². The Bertz CT molecular complexity index is 919. The Morgan fingerprint density at radius 1 is 0.571 bits per heavy atom. The second kappa shape index (κ2) is 14.0. The van der Waals surface area contributed by atoms with Crippen molar-refractivity contribution in [2.45, 2.75) is 25.4 Å². The van der Waals surface area contributed by atoms with Gasteiger partial charge in [0.25, 0.3) is 0 Å². The van der Waals surface area contributed by atoms with Gasteiger partial charge in [0, 0.05) is 11.1 Å². The second-order valence-corrected chi connectivity index (χ2v) is 8.29. The molecule has 1 heterocycles. The van der Waals surface area contributed by atoms with Crippen LogP contribution >= 0.6 is 0 Å². The lowest BCUT2D eigenvalue weighted by Gasteiger charge is -2.21. The number of fused-ring (bicyclic) bond motifs is 2. The fourth-order valence-corrected chi connectivity index (χ4v) is 4.10. The summed E-state index contributed by atoms with van der Waals surface area (Å²) in [6.07, 6.45) is -0.371. The molecule has 3 aromatic carbocycles. The zero-order valence-corrected chi connectivity index (χ0v) is 20.3. The highest BCUT2D eigenvalue weighted by Gasteiger charge is 2.17. The van der Waals surface area contributed by atoms with E-state index in [1.54, 1.807) is 7.11 Å². The van der Waals surface area contributed by atoms with E-state index in [0.29, 0.717) is 52.9 Å². The average molecular weight is 479 g/mol. The van der Waals surface area contributed by atoms with Gasteiger partial charge in [-0.25, -0.2) is 0 Å². The van der Waals surface area contributed by atoms with Crippen molar-refractivity contribution in [2.75, 3.05) is 46.8 Å². The van der Waals surface area contributed by atoms with Crippen LogP contribution in [-0.2, 0) is 36.9 Å². The molecule has 0 aliphatic carbocycles. The molecule has 35 heavy (non-hydrogen) atoms. The van der Waals surface area contributed by atoms with Gasteiger partial charge < -0.3 is 28.4 Å². The van der Waals surface area contributed by atoms with E-state index in [4.69, 9.17) is 28.4 Å². The number of para-hydroxylation sites is 1. The Morgan fingerprint density at radius 3 is 1.51 bits per heavy atom. The van der Waals surface area contributed by atoms with Crippen LogP contribution in [0.1, 0.15) is 34.5 Å². The van der Waals surface area contributed by atoms with Crippen LogP contribution in [0.3, 0.4) is 0 Å². The van der Waals surface area contributed by atoms with Crippen molar-refractivity contribution in [3.8, 4) is 5.75 Å². The first kappa shape index (κ1) is 25.4. The van der Waals surface area contributed by atoms with Gasteiger partial charge in [0.2, 0.25) is 0 Å². The molecule has 1 aliphatic rings. The van der Waals surface area contributed by atoms with E-state index < -0.39 is 0 Å². The number of ether oxygens (including phenoxy) is 6. The van der Waals surface area contributed by atoms with Gasteiger partial charge >= 0.3 is 0 Å². The van der Waals surface area contributed by atoms with Crippen LogP contribution < -0.4 is 4.74 Å². The summed E-state index contributed by atoms with van der Waals surface area (Å²) in [6, 6.07) is 26.3. The number of benzene rings is 3. The van der Waals surface area contributed by atoms with Crippen LogP contribution in [0.4, 0.5) is 0 Å². The first-order chi connectivity index (χ1) is 17.3. The quantitative estimate of drug-likeness (QED) is 0.511. The Morgan fingerprint density at radius 2 is 1.06 bits per heavy atom. The minimum Gasteiger partial charge on any atom is -0.496 e. The summed E-state index contributed by atoms with van der Waals surface area (Å²) >= 11 is 0. The summed E-state index contributed by atoms with van der Waals surface area (Å²) < 4.78 is 36.0. The summed E-state index contributed by atoms with van der Waals surface area (Å²) in [4.78, 5) is 0. The molecule has 2 bridgehead atoms. The fraction of sp³-hybridized carbons (Fsp3) is 0.379. The molecule has 4 rings (SSSR count). The third kappa shape index (κ3) is 7.62. The van der Waals surface area contributed by atoms with E-state index in [2.05, 4.69) is 24.3 Å². The standard InChI is InChI=1S/C29H34O6/c1-30-29-25-13-8-14-26(29)20-33-22-28(24-11-6-3-7-12-24)35-18-16-31-15-17-34-27(21-32-19-25)23-9-4-2-5-10-23/h2-14,27-28H,15-22H2,1H3/t27-,28-/m1/s1. The third-order valence-corrected chi connectivity index (χ3v) is 5.87. The minimum absolute atomic E-state index is 0.185. The Kier molecular flexibility index (Phi) is 10.1. The molecule has 0 fully saturated rings. The van der Waals surface area contributed by atoms with Crippen molar-refractivity contribution in [3.05, 3.63) is 101 Å². The van der Waals surface area contributed by atoms with Crippen LogP contribution in [0.2, 0.25) is 0 Å². The van der Waals surface area contributed by atoms with Gasteiger partial charge in [-0.1, -0.05) is 78.9 Å². The molecule has 0 radical (unpaired) electrons. The molecule has 2 atom stereocenters. The maximum Gasteiger partial charge on any atom is 0.129 e. The third-order valence-electron chi connectivity index (χ3n) is 5.87. The molecule has 0 amide bonds. The monoisotopic (exact) mass is 478 g/mol. The molecule has 0 saturated heterocycles. The molecule has 3 aromatic rings. The highest BCUT2D eigenvalue weighted by atomic mass is 16.6. The molecule has 1 aliphatic heterocycles. The smallest absolute Gasteiger partial charge is 0.129 e. The Labute approximate surface area is 207 Å². The van der Waals surface area contributed by atoms with Crippen molar-refractivity contribution in [1.29, 1.82) is 0 Å². The van der Waals surface area contributed by atoms with Gasteiger partial charge in [-0.05, 0) is 11.1 Å². The number of methoxy groups -OCH3 is 1. The van der Waals surface area contributed by atoms with E-state index in [0.717, 1.165) is 28.0 Å². The van der Waals surface area contributed by atoms with Gasteiger partial charge in [0.1, 0.15) is 18.0 Å². The van der Waals surface area contributed by atoms with Crippen LogP contribution in [0.15, 0.2) is 78.9 Å². The first-order valence-electron chi connectivity index (χ1n) is 12.1. The SMILES string of the molecule is COc1c2cccc1COC[C@H](c1ccccc1)OCCOCCO[C@@H](c1ccccc1)COC2. The van der Waals surface area contributed by atoms with E-state index in [-0.39, 0.29) is 12.2 Å². The highest BCUT2D eigenvalue weighted by molar-refractivity contribution is 5.41. The second-order valence-electron chi connectivity index (χ2n) is 8.29. The lowest BCUT2D eigenvalue weighted by Crippen LogP contribution is -2.18. The van der Waals surface area contributed by atoms with Gasteiger partial charge in [-0.2, -0.15) is 0 Å². The van der Waals surface area contributed by atoms with Crippen LogP contribution in [0.25, 0.3) is 0 Å². The largest absolute Gasteiger partial charge is 0.496 e. The molecular formula is C29H34O6. The molecule has 0 unspecified atom stereocenters. The van der Waals surface area contributed by atoms with Crippen molar-refractivity contribution in [1.82, 2.24) is 0 Å². The van der Waals surface area contributed by atoms with Crippen molar-refractivity contribution in [2.24, 2.45) is 0 Å². The molecule has 0 saturated carbocycles. The minimum atomic E-state index is -0.185. The summed E-state index contributed by atoms with van der Waals surface area (Å²) in [7, 11) is 1.68. The lowest BCUT2D eigenvalue weighted by atomic mass is 10.1. The number of hydrogen-bond donors (Lipinski definition) is 0. The van der Waals surface area contributed by atoms with E-state index in [9.17, 15) is 0 Å². The van der Waals surface area contributed by atoms with E-state index in [1.165, 1.54) is 0 Å². The summed E-state index contributed by atoms with van der Waals surface area (Å²) in [5.74, 6) is 0.788. The normalized spacial score (nSPS) is 20.9. The first-order valence-corrected chi connectivity index (χ1v) is 12.1. The van der Waals surface area contributed by atoms with E-state index >= 15 is 0 Å². The fourth-order valence-electron chi connectivity index (χ4n) is 4.10. The molecular weight excluding hydrogens is 444 g/mol. The molecule has 6 nitrogen and oxygen atoms in total. The number of rotatable bonds is 3. The average Bonchev–Trinajstić information content (AvgIpc) is 2.91. The van der Waals surface area contributed by atoms with Gasteiger partial charge in [-0.3, -0.25) is 0 Å². The predicted octanol–water partition coefficient (Wildman–Crippen LogP) is 5.27. The van der Waals surface area contributed by atoms with Crippen molar-refractivity contribution < 1.29 is 28.4 Å². The highest BCUT2D eigenvalue weighted by Crippen LogP contribution is 2.27. The Hall–Kier alpha value is -2.74.